The van der Waals surface area contributed by atoms with E-state index in [4.69, 9.17) is 0 Å². The lowest BCUT2D eigenvalue weighted by Gasteiger charge is -2.37. The van der Waals surface area contributed by atoms with E-state index in [-0.39, 0.29) is 12.5 Å². The molecule has 0 amide bonds. The third kappa shape index (κ3) is 3.02. The van der Waals surface area contributed by atoms with E-state index in [1.807, 2.05) is 6.92 Å². The number of hydrogen-bond acceptors (Lipinski definition) is 3. The summed E-state index contributed by atoms with van der Waals surface area (Å²) in [6.45, 7) is 6.47. The van der Waals surface area contributed by atoms with Gasteiger partial charge in [0.05, 0.1) is 0 Å². The molecule has 1 aliphatic heterocycles. The molecule has 1 heterocycles. The zero-order valence-electron chi connectivity index (χ0n) is 11.2. The number of aliphatic carboxylic acids is 1. The highest BCUT2D eigenvalue weighted by atomic mass is 32.2. The van der Waals surface area contributed by atoms with Gasteiger partial charge in [-0.25, -0.2) is 0 Å². The summed E-state index contributed by atoms with van der Waals surface area (Å²) in [5.41, 5.74) is 0. The number of carbonyl (C=O) groups is 1. The van der Waals surface area contributed by atoms with Crippen molar-refractivity contribution in [3.05, 3.63) is 0 Å². The van der Waals surface area contributed by atoms with Gasteiger partial charge in [-0.05, 0) is 18.8 Å². The Labute approximate surface area is 109 Å². The number of carboxylic acids is 1. The van der Waals surface area contributed by atoms with E-state index in [9.17, 15) is 18.3 Å². The largest absolute Gasteiger partial charge is 0.480 e. The van der Waals surface area contributed by atoms with Crippen LogP contribution in [0.2, 0.25) is 0 Å². The van der Waals surface area contributed by atoms with Crippen LogP contribution in [0, 0.1) is 5.92 Å². The number of rotatable bonds is 5. The summed E-state index contributed by atoms with van der Waals surface area (Å²) in [6, 6.07) is -0.931. The van der Waals surface area contributed by atoms with Gasteiger partial charge < -0.3 is 5.11 Å². The second-order valence-corrected chi connectivity index (χ2v) is 6.57. The molecule has 1 saturated heterocycles. The summed E-state index contributed by atoms with van der Waals surface area (Å²) < 4.78 is 27.2. The van der Waals surface area contributed by atoms with Gasteiger partial charge in [0.15, 0.2) is 0 Å². The van der Waals surface area contributed by atoms with Gasteiger partial charge in [0.1, 0.15) is 6.04 Å². The molecule has 0 spiro atoms. The Morgan fingerprint density at radius 3 is 2.39 bits per heavy atom. The third-order valence-corrected chi connectivity index (χ3v) is 5.63. The fraction of sp³-hybridized carbons (Fsp3) is 0.909. The number of hydrogen-bond donors (Lipinski definition) is 1. The molecule has 1 aliphatic rings. The minimum absolute atomic E-state index is 0.245. The Kier molecular flexibility index (Phi) is 5.12. The lowest BCUT2D eigenvalue weighted by molar-refractivity contribution is -0.143. The van der Waals surface area contributed by atoms with Crippen LogP contribution in [0.3, 0.4) is 0 Å². The van der Waals surface area contributed by atoms with Crippen molar-refractivity contribution in [2.24, 2.45) is 5.92 Å². The van der Waals surface area contributed by atoms with Crippen molar-refractivity contribution in [3.8, 4) is 0 Å². The highest BCUT2D eigenvalue weighted by Gasteiger charge is 2.40. The van der Waals surface area contributed by atoms with E-state index in [1.165, 1.54) is 4.31 Å². The quantitative estimate of drug-likeness (QED) is 0.805. The smallest absolute Gasteiger partial charge is 0.322 e. The second-order valence-electron chi connectivity index (χ2n) is 4.69. The first-order valence-electron chi connectivity index (χ1n) is 6.34. The predicted molar refractivity (Wildman–Crippen MR) is 68.4 cm³/mol. The van der Waals surface area contributed by atoms with Crippen LogP contribution in [0.25, 0.3) is 0 Å². The van der Waals surface area contributed by atoms with Crippen molar-refractivity contribution in [2.75, 3.05) is 19.6 Å². The van der Waals surface area contributed by atoms with Gasteiger partial charge in [-0.15, -0.1) is 0 Å². The summed E-state index contributed by atoms with van der Waals surface area (Å²) in [5, 5.41) is 9.19. The maximum atomic E-state index is 12.4. The Hall–Kier alpha value is -0.660. The Balaban J connectivity index is 3.01. The maximum Gasteiger partial charge on any atom is 0.322 e. The topological polar surface area (TPSA) is 77.9 Å². The van der Waals surface area contributed by atoms with E-state index in [0.717, 1.165) is 4.31 Å². The lowest BCUT2D eigenvalue weighted by atomic mass is 9.94. The fourth-order valence-electron chi connectivity index (χ4n) is 2.32. The molecule has 0 saturated carbocycles. The zero-order chi connectivity index (χ0) is 13.9. The summed E-state index contributed by atoms with van der Waals surface area (Å²) >= 11 is 0. The van der Waals surface area contributed by atoms with Crippen LogP contribution in [-0.2, 0) is 15.0 Å². The standard InChI is InChI=1S/C11H22N2O4S/c1-4-12(5-2)18(16,17)13-7-6-9(3)8-10(13)11(14)15/h9-10H,4-8H2,1-3H3,(H,14,15). The van der Waals surface area contributed by atoms with Crippen LogP contribution in [0.15, 0.2) is 0 Å². The van der Waals surface area contributed by atoms with Crippen LogP contribution in [-0.4, -0.2) is 53.8 Å². The van der Waals surface area contributed by atoms with Crippen molar-refractivity contribution in [2.45, 2.75) is 39.7 Å². The van der Waals surface area contributed by atoms with Gasteiger partial charge in [-0.3, -0.25) is 4.79 Å². The van der Waals surface area contributed by atoms with E-state index in [0.29, 0.717) is 25.9 Å². The van der Waals surface area contributed by atoms with Crippen molar-refractivity contribution in [1.29, 1.82) is 0 Å². The van der Waals surface area contributed by atoms with Crippen LogP contribution in [0.4, 0.5) is 0 Å². The maximum absolute atomic E-state index is 12.4. The predicted octanol–water partition coefficient (Wildman–Crippen LogP) is 0.758. The molecule has 0 aliphatic carbocycles. The molecule has 2 unspecified atom stereocenters. The van der Waals surface area contributed by atoms with Crippen LogP contribution >= 0.6 is 0 Å². The molecule has 7 heteroatoms. The van der Waals surface area contributed by atoms with Gasteiger partial charge in [-0.2, -0.15) is 17.0 Å². The summed E-state index contributed by atoms with van der Waals surface area (Å²) in [7, 11) is -3.66. The fourth-order valence-corrected chi connectivity index (χ4v) is 4.10. The molecule has 1 fully saturated rings. The molecule has 0 aromatic rings. The van der Waals surface area contributed by atoms with Crippen molar-refractivity contribution in [1.82, 2.24) is 8.61 Å². The van der Waals surface area contributed by atoms with Gasteiger partial charge >= 0.3 is 5.97 Å². The summed E-state index contributed by atoms with van der Waals surface area (Å²) in [6.07, 6.45) is 1.10. The van der Waals surface area contributed by atoms with E-state index in [2.05, 4.69) is 0 Å². The van der Waals surface area contributed by atoms with Crippen LogP contribution in [0.5, 0.6) is 0 Å². The van der Waals surface area contributed by atoms with Crippen molar-refractivity contribution < 1.29 is 18.3 Å². The van der Waals surface area contributed by atoms with Gasteiger partial charge in [0.25, 0.3) is 10.2 Å². The highest BCUT2D eigenvalue weighted by Crippen LogP contribution is 2.26. The van der Waals surface area contributed by atoms with E-state index >= 15 is 0 Å². The monoisotopic (exact) mass is 278 g/mol. The Bertz CT molecular complexity index is 392. The first-order chi connectivity index (χ1) is 8.34. The number of nitrogens with zero attached hydrogens (tertiary/aromatic N) is 2. The van der Waals surface area contributed by atoms with E-state index < -0.39 is 22.2 Å². The van der Waals surface area contributed by atoms with Crippen LogP contribution < -0.4 is 0 Å². The third-order valence-electron chi connectivity index (χ3n) is 3.43. The SMILES string of the molecule is CCN(CC)S(=O)(=O)N1CCC(C)CC1C(=O)O. The Morgan fingerprint density at radius 2 is 1.94 bits per heavy atom. The minimum atomic E-state index is -3.66. The molecule has 6 nitrogen and oxygen atoms in total. The zero-order valence-corrected chi connectivity index (χ0v) is 12.0. The van der Waals surface area contributed by atoms with Gasteiger partial charge in [-0.1, -0.05) is 20.8 Å². The minimum Gasteiger partial charge on any atom is -0.480 e. The molecule has 0 radical (unpaired) electrons. The molecule has 0 aromatic carbocycles. The molecule has 1 rings (SSSR count). The first kappa shape index (κ1) is 15.4. The summed E-state index contributed by atoms with van der Waals surface area (Å²) in [5.74, 6) is -0.813. The number of carboxylic acid groups (broad SMARTS) is 1. The average molecular weight is 278 g/mol. The lowest BCUT2D eigenvalue weighted by Crippen LogP contribution is -2.54. The second kappa shape index (κ2) is 5.99. The van der Waals surface area contributed by atoms with Crippen LogP contribution in [0.1, 0.15) is 33.6 Å². The average Bonchev–Trinajstić information content (AvgIpc) is 2.29. The molecule has 106 valence electrons. The van der Waals surface area contributed by atoms with Crippen molar-refractivity contribution in [3.63, 3.8) is 0 Å². The molecule has 0 aromatic heterocycles. The van der Waals surface area contributed by atoms with Gasteiger partial charge in [0, 0.05) is 19.6 Å². The van der Waals surface area contributed by atoms with Gasteiger partial charge in [0.2, 0.25) is 0 Å². The molecular weight excluding hydrogens is 256 g/mol. The molecule has 18 heavy (non-hydrogen) atoms. The van der Waals surface area contributed by atoms with E-state index in [1.54, 1.807) is 13.8 Å². The first-order valence-corrected chi connectivity index (χ1v) is 7.74. The summed E-state index contributed by atoms with van der Waals surface area (Å²) in [4.78, 5) is 11.2. The normalized spacial score (nSPS) is 26.4. The van der Waals surface area contributed by atoms with Crippen molar-refractivity contribution >= 4 is 16.2 Å². The molecule has 2 atom stereocenters. The number of piperidine rings is 1. The highest BCUT2D eigenvalue weighted by molar-refractivity contribution is 7.86. The molecular formula is C11H22N2O4S. The Morgan fingerprint density at radius 1 is 1.39 bits per heavy atom. The molecule has 0 bridgehead atoms. The molecule has 1 N–H and O–H groups in total.